The van der Waals surface area contributed by atoms with Crippen molar-refractivity contribution in [3.05, 3.63) is 23.7 Å². The maximum absolute atomic E-state index is 13.1. The van der Waals surface area contributed by atoms with Crippen LogP contribution in [0, 0.1) is 6.92 Å². The first kappa shape index (κ1) is 9.19. The second-order valence-electron chi connectivity index (χ2n) is 2.68. The minimum absolute atomic E-state index is 0.0485. The molecule has 0 fully saturated rings. The number of nitrogens with two attached hydrogens (primary N) is 1. The lowest BCUT2D eigenvalue weighted by Crippen LogP contribution is -2.18. The van der Waals surface area contributed by atoms with E-state index in [2.05, 4.69) is 4.42 Å². The molecule has 0 saturated carbocycles. The van der Waals surface area contributed by atoms with Crippen molar-refractivity contribution >= 4 is 0 Å². The summed E-state index contributed by atoms with van der Waals surface area (Å²) in [6.07, 6.45) is 0.885. The summed E-state index contributed by atoms with van der Waals surface area (Å²) in [5, 5.41) is 0. The molecule has 1 heterocycles. The summed E-state index contributed by atoms with van der Waals surface area (Å²) >= 11 is 0. The molecule has 0 radical (unpaired) electrons. The number of rotatable bonds is 3. The molecule has 1 aromatic heterocycles. The lowest BCUT2D eigenvalue weighted by atomic mass is 10.1. The van der Waals surface area contributed by atoms with Crippen LogP contribution in [0.1, 0.15) is 17.7 Å². The molecule has 2 N–H and O–H groups in total. The fourth-order valence-corrected chi connectivity index (χ4v) is 1.04. The predicted molar refractivity (Wildman–Crippen MR) is 41.0 cm³/mol. The van der Waals surface area contributed by atoms with Crippen LogP contribution in [0.2, 0.25) is 0 Å². The predicted octanol–water partition coefficient (Wildman–Crippen LogP) is 2.03. The smallest absolute Gasteiger partial charge is 0.306 e. The molecule has 0 saturated heterocycles. The van der Waals surface area contributed by atoms with E-state index in [0.717, 1.165) is 0 Å². The van der Waals surface area contributed by atoms with E-state index in [0.29, 0.717) is 5.56 Å². The summed E-state index contributed by atoms with van der Waals surface area (Å²) in [6, 6.07) is 1.51. The third-order valence-electron chi connectivity index (χ3n) is 1.65. The summed E-state index contributed by atoms with van der Waals surface area (Å²) in [4.78, 5) is 0. The van der Waals surface area contributed by atoms with Gasteiger partial charge in [0.1, 0.15) is 0 Å². The van der Waals surface area contributed by atoms with Crippen LogP contribution >= 0.6 is 0 Å². The van der Waals surface area contributed by atoms with Crippen molar-refractivity contribution < 1.29 is 13.2 Å². The van der Waals surface area contributed by atoms with Crippen molar-refractivity contribution in [2.24, 2.45) is 5.73 Å². The molecule has 0 spiro atoms. The average molecular weight is 175 g/mol. The molecule has 1 rings (SSSR count). The van der Waals surface area contributed by atoms with Crippen molar-refractivity contribution in [1.29, 1.82) is 0 Å². The number of furan rings is 1. The molecule has 0 bridgehead atoms. The van der Waals surface area contributed by atoms with Gasteiger partial charge in [-0.15, -0.1) is 0 Å². The number of hydrogen-bond acceptors (Lipinski definition) is 2. The van der Waals surface area contributed by atoms with Gasteiger partial charge in [-0.3, -0.25) is 0 Å². The van der Waals surface area contributed by atoms with E-state index >= 15 is 0 Å². The normalized spacial score (nSPS) is 12.0. The van der Waals surface area contributed by atoms with Gasteiger partial charge < -0.3 is 10.2 Å². The van der Waals surface area contributed by atoms with E-state index in [9.17, 15) is 8.78 Å². The molecule has 2 nitrogen and oxygen atoms in total. The van der Waals surface area contributed by atoms with Gasteiger partial charge in [-0.05, 0) is 25.1 Å². The van der Waals surface area contributed by atoms with Crippen LogP contribution in [0.15, 0.2) is 16.7 Å². The third-order valence-corrected chi connectivity index (χ3v) is 1.65. The number of alkyl halides is 2. The van der Waals surface area contributed by atoms with Crippen molar-refractivity contribution in [2.45, 2.75) is 19.3 Å². The lowest BCUT2D eigenvalue weighted by molar-refractivity contribution is -0.0323. The second-order valence-corrected chi connectivity index (χ2v) is 2.68. The zero-order valence-corrected chi connectivity index (χ0v) is 6.81. The number of hydrogen-bond donors (Lipinski definition) is 1. The molecule has 0 aliphatic heterocycles. The zero-order valence-electron chi connectivity index (χ0n) is 6.81. The first-order chi connectivity index (χ1) is 5.58. The Kier molecular flexibility index (Phi) is 2.47. The molecular formula is C8H11F2NO. The minimum Gasteiger partial charge on any atom is -0.463 e. The van der Waals surface area contributed by atoms with Gasteiger partial charge in [0.2, 0.25) is 0 Å². The monoisotopic (exact) mass is 175 g/mol. The highest BCUT2D eigenvalue weighted by atomic mass is 19.3. The van der Waals surface area contributed by atoms with Gasteiger partial charge in [-0.1, -0.05) is 0 Å². The zero-order chi connectivity index (χ0) is 9.19. The molecule has 0 amide bonds. The van der Waals surface area contributed by atoms with E-state index < -0.39 is 5.92 Å². The Hall–Kier alpha value is -0.900. The maximum Gasteiger partial charge on any atom is 0.306 e. The molecule has 0 aliphatic rings. The standard InChI is InChI=1S/C8H11F2NO/c1-6-2-5-12-7(6)8(9,10)3-4-11/h2,5H,3-4,11H2,1H3. The van der Waals surface area contributed by atoms with Gasteiger partial charge in [0.15, 0.2) is 5.76 Å². The highest BCUT2D eigenvalue weighted by Gasteiger charge is 2.35. The first-order valence-electron chi connectivity index (χ1n) is 3.70. The van der Waals surface area contributed by atoms with Crippen molar-refractivity contribution in [2.75, 3.05) is 6.54 Å². The summed E-state index contributed by atoms with van der Waals surface area (Å²) in [7, 11) is 0. The van der Waals surface area contributed by atoms with E-state index in [1.54, 1.807) is 6.92 Å². The van der Waals surface area contributed by atoms with Crippen LogP contribution in [-0.2, 0) is 5.92 Å². The molecule has 0 aromatic carbocycles. The van der Waals surface area contributed by atoms with E-state index in [4.69, 9.17) is 5.73 Å². The molecular weight excluding hydrogens is 164 g/mol. The number of aryl methyl sites for hydroxylation is 1. The highest BCUT2D eigenvalue weighted by molar-refractivity contribution is 5.19. The molecule has 0 unspecified atom stereocenters. The van der Waals surface area contributed by atoms with Crippen LogP contribution in [0.5, 0.6) is 0 Å². The molecule has 0 atom stereocenters. The van der Waals surface area contributed by atoms with Crippen LogP contribution in [0.25, 0.3) is 0 Å². The van der Waals surface area contributed by atoms with Crippen molar-refractivity contribution in [3.8, 4) is 0 Å². The Morgan fingerprint density at radius 3 is 2.67 bits per heavy atom. The Bertz CT molecular complexity index is 257. The Morgan fingerprint density at radius 1 is 1.58 bits per heavy atom. The Morgan fingerprint density at radius 2 is 2.25 bits per heavy atom. The van der Waals surface area contributed by atoms with Gasteiger partial charge in [0.25, 0.3) is 0 Å². The highest BCUT2D eigenvalue weighted by Crippen LogP contribution is 2.33. The molecule has 0 aliphatic carbocycles. The topological polar surface area (TPSA) is 39.2 Å². The fraction of sp³-hybridized carbons (Fsp3) is 0.500. The largest absolute Gasteiger partial charge is 0.463 e. The Balaban J connectivity index is 2.88. The SMILES string of the molecule is Cc1ccoc1C(F)(F)CCN. The van der Waals surface area contributed by atoms with Crippen LogP contribution in [-0.4, -0.2) is 6.54 Å². The van der Waals surface area contributed by atoms with E-state index in [-0.39, 0.29) is 18.7 Å². The maximum atomic E-state index is 13.1. The summed E-state index contributed by atoms with van der Waals surface area (Å²) in [5.41, 5.74) is 5.52. The number of halogens is 2. The van der Waals surface area contributed by atoms with Gasteiger partial charge in [-0.2, -0.15) is 8.78 Å². The Labute approximate surface area is 69.4 Å². The average Bonchev–Trinajstić information content (AvgIpc) is 2.35. The summed E-state index contributed by atoms with van der Waals surface area (Å²) in [6.45, 7) is 1.54. The summed E-state index contributed by atoms with van der Waals surface area (Å²) in [5.74, 6) is -3.20. The quantitative estimate of drug-likeness (QED) is 0.763. The van der Waals surface area contributed by atoms with Crippen LogP contribution in [0.4, 0.5) is 8.78 Å². The van der Waals surface area contributed by atoms with Gasteiger partial charge in [0.05, 0.1) is 6.26 Å². The second kappa shape index (κ2) is 3.23. The van der Waals surface area contributed by atoms with Gasteiger partial charge in [0, 0.05) is 6.42 Å². The van der Waals surface area contributed by atoms with Gasteiger partial charge >= 0.3 is 5.92 Å². The van der Waals surface area contributed by atoms with Crippen molar-refractivity contribution in [3.63, 3.8) is 0 Å². The van der Waals surface area contributed by atoms with Crippen LogP contribution < -0.4 is 5.73 Å². The third kappa shape index (κ3) is 1.64. The van der Waals surface area contributed by atoms with E-state index in [1.807, 2.05) is 0 Å². The molecule has 1 aromatic rings. The van der Waals surface area contributed by atoms with Crippen LogP contribution in [0.3, 0.4) is 0 Å². The minimum atomic E-state index is -2.93. The fourth-order valence-electron chi connectivity index (χ4n) is 1.04. The van der Waals surface area contributed by atoms with Gasteiger partial charge in [-0.25, -0.2) is 0 Å². The first-order valence-corrected chi connectivity index (χ1v) is 3.70. The summed E-state index contributed by atoms with van der Waals surface area (Å²) < 4.78 is 30.8. The lowest BCUT2D eigenvalue weighted by Gasteiger charge is -2.12. The van der Waals surface area contributed by atoms with Crippen molar-refractivity contribution in [1.82, 2.24) is 0 Å². The molecule has 4 heteroatoms. The molecule has 68 valence electrons. The van der Waals surface area contributed by atoms with E-state index in [1.165, 1.54) is 12.3 Å². The molecule has 12 heavy (non-hydrogen) atoms.